The topological polar surface area (TPSA) is 70.0 Å². The van der Waals surface area contributed by atoms with Crippen LogP contribution in [-0.2, 0) is 15.1 Å². The fourth-order valence-electron chi connectivity index (χ4n) is 2.70. The number of likely N-dealkylation sites (N-methyl/N-ethyl adjacent to an activating group) is 1. The number of ether oxygens (including phenoxy) is 1. The van der Waals surface area contributed by atoms with Crippen LogP contribution in [0.3, 0.4) is 0 Å². The summed E-state index contributed by atoms with van der Waals surface area (Å²) in [7, 11) is 1.83. The Kier molecular flexibility index (Phi) is 4.42. The van der Waals surface area contributed by atoms with Crippen molar-refractivity contribution in [1.82, 2.24) is 4.90 Å². The Bertz CT molecular complexity index is 460. The Morgan fingerprint density at radius 3 is 2.65 bits per heavy atom. The van der Waals surface area contributed by atoms with Gasteiger partial charge in [-0.1, -0.05) is 30.3 Å². The molecule has 110 valence electrons. The zero-order valence-corrected chi connectivity index (χ0v) is 11.8. The minimum Gasteiger partial charge on any atom is -0.481 e. The standard InChI is InChI=1S/C15H21NO4/c1-15(19,11-6-4-3-5-7-11)10-16(2)13-9-20-8-12(13)14(17)18/h3-7,12-13,19H,8-10H2,1-2H3,(H,17,18). The van der Waals surface area contributed by atoms with Crippen molar-refractivity contribution in [2.75, 3.05) is 26.8 Å². The fraction of sp³-hybridized carbons (Fsp3) is 0.533. The summed E-state index contributed by atoms with van der Waals surface area (Å²) < 4.78 is 5.27. The summed E-state index contributed by atoms with van der Waals surface area (Å²) in [5, 5.41) is 19.8. The third-order valence-corrected chi connectivity index (χ3v) is 3.89. The van der Waals surface area contributed by atoms with E-state index in [0.29, 0.717) is 13.2 Å². The molecule has 0 aliphatic carbocycles. The second kappa shape index (κ2) is 5.91. The molecule has 0 radical (unpaired) electrons. The van der Waals surface area contributed by atoms with E-state index in [9.17, 15) is 15.0 Å². The molecule has 0 aromatic heterocycles. The minimum absolute atomic E-state index is 0.206. The summed E-state index contributed by atoms with van der Waals surface area (Å²) in [5.41, 5.74) is -0.209. The van der Waals surface area contributed by atoms with Crippen LogP contribution in [0.2, 0.25) is 0 Å². The average Bonchev–Trinajstić information content (AvgIpc) is 2.88. The van der Waals surface area contributed by atoms with Crippen LogP contribution in [0.1, 0.15) is 12.5 Å². The van der Waals surface area contributed by atoms with Gasteiger partial charge in [-0.05, 0) is 19.5 Å². The number of aliphatic carboxylic acids is 1. The van der Waals surface area contributed by atoms with Crippen molar-refractivity contribution >= 4 is 5.97 Å². The van der Waals surface area contributed by atoms with Gasteiger partial charge in [0.25, 0.3) is 0 Å². The second-order valence-corrected chi connectivity index (χ2v) is 5.60. The van der Waals surface area contributed by atoms with Gasteiger partial charge in [0.1, 0.15) is 0 Å². The van der Waals surface area contributed by atoms with Gasteiger partial charge in [0.05, 0.1) is 24.7 Å². The van der Waals surface area contributed by atoms with Gasteiger partial charge in [-0.3, -0.25) is 9.69 Å². The van der Waals surface area contributed by atoms with Gasteiger partial charge in [-0.2, -0.15) is 0 Å². The van der Waals surface area contributed by atoms with E-state index in [1.54, 1.807) is 6.92 Å². The van der Waals surface area contributed by atoms with E-state index in [-0.39, 0.29) is 12.6 Å². The van der Waals surface area contributed by atoms with E-state index >= 15 is 0 Å². The number of carbonyl (C=O) groups is 1. The zero-order valence-electron chi connectivity index (χ0n) is 11.8. The van der Waals surface area contributed by atoms with Gasteiger partial charge in [0, 0.05) is 12.6 Å². The highest BCUT2D eigenvalue weighted by atomic mass is 16.5. The zero-order chi connectivity index (χ0) is 14.8. The lowest BCUT2D eigenvalue weighted by atomic mass is 9.94. The maximum Gasteiger partial charge on any atom is 0.310 e. The molecule has 1 aromatic rings. The molecule has 3 unspecified atom stereocenters. The van der Waals surface area contributed by atoms with Crippen molar-refractivity contribution in [3.63, 3.8) is 0 Å². The van der Waals surface area contributed by atoms with Crippen LogP contribution in [-0.4, -0.2) is 53.9 Å². The summed E-state index contributed by atoms with van der Waals surface area (Å²) >= 11 is 0. The Balaban J connectivity index is 2.07. The summed E-state index contributed by atoms with van der Waals surface area (Å²) in [6.45, 7) is 2.72. The summed E-state index contributed by atoms with van der Waals surface area (Å²) in [6.07, 6.45) is 0. The van der Waals surface area contributed by atoms with E-state index in [4.69, 9.17) is 4.74 Å². The van der Waals surface area contributed by atoms with Crippen LogP contribution in [0.25, 0.3) is 0 Å². The van der Waals surface area contributed by atoms with Crippen LogP contribution >= 0.6 is 0 Å². The lowest BCUT2D eigenvalue weighted by Crippen LogP contribution is -2.46. The van der Waals surface area contributed by atoms with Crippen LogP contribution in [0, 0.1) is 5.92 Å². The summed E-state index contributed by atoms with van der Waals surface area (Å²) in [5.74, 6) is -1.38. The molecule has 20 heavy (non-hydrogen) atoms. The second-order valence-electron chi connectivity index (χ2n) is 5.60. The lowest BCUT2D eigenvalue weighted by Gasteiger charge is -2.33. The van der Waals surface area contributed by atoms with Gasteiger partial charge in [-0.15, -0.1) is 0 Å². The number of hydrogen-bond acceptors (Lipinski definition) is 4. The number of rotatable bonds is 5. The largest absolute Gasteiger partial charge is 0.481 e. The molecule has 1 heterocycles. The maximum absolute atomic E-state index is 11.2. The van der Waals surface area contributed by atoms with Gasteiger partial charge < -0.3 is 14.9 Å². The highest BCUT2D eigenvalue weighted by molar-refractivity contribution is 5.71. The Morgan fingerprint density at radius 2 is 2.05 bits per heavy atom. The number of nitrogens with zero attached hydrogens (tertiary/aromatic N) is 1. The molecule has 0 saturated carbocycles. The first kappa shape index (κ1) is 15.0. The third kappa shape index (κ3) is 3.17. The molecule has 2 rings (SSSR count). The molecular weight excluding hydrogens is 258 g/mol. The van der Waals surface area contributed by atoms with Crippen LogP contribution < -0.4 is 0 Å². The molecule has 0 spiro atoms. The Labute approximate surface area is 118 Å². The normalized spacial score (nSPS) is 25.6. The van der Waals surface area contributed by atoms with Crippen molar-refractivity contribution in [2.45, 2.75) is 18.6 Å². The van der Waals surface area contributed by atoms with Crippen molar-refractivity contribution < 1.29 is 19.7 Å². The molecule has 0 amide bonds. The van der Waals surface area contributed by atoms with E-state index in [2.05, 4.69) is 0 Å². The molecule has 1 aromatic carbocycles. The van der Waals surface area contributed by atoms with Crippen LogP contribution in [0.15, 0.2) is 30.3 Å². The van der Waals surface area contributed by atoms with Gasteiger partial charge in [-0.25, -0.2) is 0 Å². The third-order valence-electron chi connectivity index (χ3n) is 3.89. The molecule has 1 fully saturated rings. The number of carboxylic acids is 1. The van der Waals surface area contributed by atoms with Crippen LogP contribution in [0.4, 0.5) is 0 Å². The molecule has 5 nitrogen and oxygen atoms in total. The molecule has 1 aliphatic heterocycles. The number of benzene rings is 1. The Morgan fingerprint density at radius 1 is 1.40 bits per heavy atom. The molecule has 5 heteroatoms. The molecular formula is C15H21NO4. The average molecular weight is 279 g/mol. The summed E-state index contributed by atoms with van der Waals surface area (Å²) in [6, 6.07) is 9.18. The predicted octanol–water partition coefficient (Wildman–Crippen LogP) is 0.925. The first-order chi connectivity index (χ1) is 9.42. The molecule has 1 aliphatic rings. The van der Waals surface area contributed by atoms with E-state index < -0.39 is 17.5 Å². The highest BCUT2D eigenvalue weighted by Gasteiger charge is 2.38. The van der Waals surface area contributed by atoms with Crippen molar-refractivity contribution in [2.24, 2.45) is 5.92 Å². The van der Waals surface area contributed by atoms with Crippen molar-refractivity contribution in [3.05, 3.63) is 35.9 Å². The fourth-order valence-corrected chi connectivity index (χ4v) is 2.70. The SMILES string of the molecule is CN(CC(C)(O)c1ccccc1)C1COCC1C(=O)O. The van der Waals surface area contributed by atoms with E-state index in [1.165, 1.54) is 0 Å². The number of hydrogen-bond donors (Lipinski definition) is 2. The monoisotopic (exact) mass is 279 g/mol. The number of aliphatic hydroxyl groups is 1. The minimum atomic E-state index is -1.03. The predicted molar refractivity (Wildman–Crippen MR) is 74.4 cm³/mol. The first-order valence-electron chi connectivity index (χ1n) is 6.70. The van der Waals surface area contributed by atoms with E-state index in [0.717, 1.165) is 5.56 Å². The first-order valence-corrected chi connectivity index (χ1v) is 6.70. The Hall–Kier alpha value is -1.43. The van der Waals surface area contributed by atoms with E-state index in [1.807, 2.05) is 42.3 Å². The molecule has 0 bridgehead atoms. The quantitative estimate of drug-likeness (QED) is 0.839. The maximum atomic E-state index is 11.2. The number of carboxylic acid groups (broad SMARTS) is 1. The van der Waals surface area contributed by atoms with Gasteiger partial charge in [0.2, 0.25) is 0 Å². The molecule has 1 saturated heterocycles. The van der Waals surface area contributed by atoms with Crippen LogP contribution in [0.5, 0.6) is 0 Å². The van der Waals surface area contributed by atoms with Crippen molar-refractivity contribution in [3.8, 4) is 0 Å². The smallest absolute Gasteiger partial charge is 0.310 e. The molecule has 3 atom stereocenters. The lowest BCUT2D eigenvalue weighted by molar-refractivity contribution is -0.143. The molecule has 2 N–H and O–H groups in total. The van der Waals surface area contributed by atoms with Gasteiger partial charge >= 0.3 is 5.97 Å². The summed E-state index contributed by atoms with van der Waals surface area (Å²) in [4.78, 5) is 13.1. The van der Waals surface area contributed by atoms with Gasteiger partial charge in [0.15, 0.2) is 0 Å². The highest BCUT2D eigenvalue weighted by Crippen LogP contribution is 2.25. The van der Waals surface area contributed by atoms with Crippen molar-refractivity contribution in [1.29, 1.82) is 0 Å².